The van der Waals surface area contributed by atoms with Gasteiger partial charge in [-0.15, -0.1) is 0 Å². The maximum atomic E-state index is 9.47. The first-order valence-electron chi connectivity index (χ1n) is 6.88. The van der Waals surface area contributed by atoms with Crippen LogP contribution in [0.25, 0.3) is 0 Å². The van der Waals surface area contributed by atoms with Crippen LogP contribution in [-0.4, -0.2) is 18.5 Å². The highest BCUT2D eigenvalue weighted by molar-refractivity contribution is 5.48. The Morgan fingerprint density at radius 2 is 2.05 bits per heavy atom. The zero-order valence-corrected chi connectivity index (χ0v) is 11.3. The molecule has 2 heterocycles. The Bertz CT molecular complexity index is 686. The van der Waals surface area contributed by atoms with Crippen LogP contribution < -0.4 is 19.5 Å². The molecule has 0 spiro atoms. The standard InChI is InChI=1S/C16H15NO4/c18-11-4-5-12-13(8-19-15(12)6-11)17-7-10-2-1-3-14-16(10)21-9-20-14/h1-6,13,17-18H,7-9H2. The number of aromatic hydroxyl groups is 1. The van der Waals surface area contributed by atoms with E-state index in [1.807, 2.05) is 24.3 Å². The van der Waals surface area contributed by atoms with Gasteiger partial charge in [-0.2, -0.15) is 0 Å². The van der Waals surface area contributed by atoms with Gasteiger partial charge in [0.1, 0.15) is 18.1 Å². The second-order valence-electron chi connectivity index (χ2n) is 5.12. The number of phenolic OH excluding ortho intramolecular Hbond substituents is 1. The average molecular weight is 285 g/mol. The van der Waals surface area contributed by atoms with Gasteiger partial charge >= 0.3 is 0 Å². The first kappa shape index (κ1) is 12.3. The average Bonchev–Trinajstić information content (AvgIpc) is 3.11. The van der Waals surface area contributed by atoms with Gasteiger partial charge in [-0.05, 0) is 18.2 Å². The molecule has 5 heteroatoms. The summed E-state index contributed by atoms with van der Waals surface area (Å²) < 4.78 is 16.5. The number of hydrogen-bond acceptors (Lipinski definition) is 5. The van der Waals surface area contributed by atoms with Crippen LogP contribution in [0.3, 0.4) is 0 Å². The minimum absolute atomic E-state index is 0.110. The van der Waals surface area contributed by atoms with E-state index in [4.69, 9.17) is 14.2 Å². The summed E-state index contributed by atoms with van der Waals surface area (Å²) in [6, 6.07) is 11.2. The Morgan fingerprint density at radius 1 is 1.10 bits per heavy atom. The van der Waals surface area contributed by atoms with Crippen molar-refractivity contribution in [2.45, 2.75) is 12.6 Å². The zero-order chi connectivity index (χ0) is 14.2. The third-order valence-corrected chi connectivity index (χ3v) is 3.80. The van der Waals surface area contributed by atoms with Gasteiger partial charge < -0.3 is 24.6 Å². The number of nitrogens with one attached hydrogen (secondary N) is 1. The predicted octanol–water partition coefficient (Wildman–Crippen LogP) is 2.34. The molecule has 1 unspecified atom stereocenters. The Hall–Kier alpha value is -2.40. The molecule has 2 aromatic rings. The van der Waals surface area contributed by atoms with Crippen LogP contribution in [0.4, 0.5) is 0 Å². The largest absolute Gasteiger partial charge is 0.508 e. The van der Waals surface area contributed by atoms with E-state index in [9.17, 15) is 5.11 Å². The molecule has 0 fully saturated rings. The van der Waals surface area contributed by atoms with Crippen LogP contribution in [0.2, 0.25) is 0 Å². The van der Waals surface area contributed by atoms with Crippen molar-refractivity contribution in [2.24, 2.45) is 0 Å². The molecule has 108 valence electrons. The molecule has 0 amide bonds. The van der Waals surface area contributed by atoms with Crippen molar-refractivity contribution in [1.29, 1.82) is 0 Å². The van der Waals surface area contributed by atoms with E-state index >= 15 is 0 Å². The van der Waals surface area contributed by atoms with Gasteiger partial charge in [-0.3, -0.25) is 0 Å². The molecule has 0 saturated carbocycles. The van der Waals surface area contributed by atoms with Gasteiger partial charge in [0.25, 0.3) is 0 Å². The Balaban J connectivity index is 1.51. The smallest absolute Gasteiger partial charge is 0.231 e. The maximum absolute atomic E-state index is 9.47. The summed E-state index contributed by atoms with van der Waals surface area (Å²) in [6.45, 7) is 1.51. The number of para-hydroxylation sites is 1. The van der Waals surface area contributed by atoms with E-state index < -0.39 is 0 Å². The maximum Gasteiger partial charge on any atom is 0.231 e. The molecule has 0 aliphatic carbocycles. The molecule has 0 aromatic heterocycles. The molecule has 4 rings (SSSR count). The third-order valence-electron chi connectivity index (χ3n) is 3.80. The lowest BCUT2D eigenvalue weighted by Gasteiger charge is -2.13. The van der Waals surface area contributed by atoms with E-state index in [1.165, 1.54) is 0 Å². The van der Waals surface area contributed by atoms with Crippen molar-refractivity contribution >= 4 is 0 Å². The first-order valence-corrected chi connectivity index (χ1v) is 6.88. The first-order chi connectivity index (χ1) is 10.3. The molecule has 2 aliphatic heterocycles. The summed E-state index contributed by atoms with van der Waals surface area (Å²) >= 11 is 0. The Morgan fingerprint density at radius 3 is 3.00 bits per heavy atom. The van der Waals surface area contributed by atoms with Crippen LogP contribution >= 0.6 is 0 Å². The molecule has 2 aromatic carbocycles. The van der Waals surface area contributed by atoms with E-state index in [0.29, 0.717) is 13.2 Å². The van der Waals surface area contributed by atoms with Crippen LogP contribution in [0, 0.1) is 0 Å². The van der Waals surface area contributed by atoms with Crippen LogP contribution in [0.1, 0.15) is 17.2 Å². The molecular formula is C16H15NO4. The van der Waals surface area contributed by atoms with Gasteiger partial charge in [-0.1, -0.05) is 12.1 Å². The van der Waals surface area contributed by atoms with Gasteiger partial charge in [0, 0.05) is 23.7 Å². The fourth-order valence-electron chi connectivity index (χ4n) is 2.73. The molecule has 0 saturated heterocycles. The molecule has 2 N–H and O–H groups in total. The molecule has 1 atom stereocenters. The van der Waals surface area contributed by atoms with Gasteiger partial charge in [0.2, 0.25) is 6.79 Å². The van der Waals surface area contributed by atoms with Crippen LogP contribution in [0.5, 0.6) is 23.0 Å². The van der Waals surface area contributed by atoms with E-state index in [2.05, 4.69) is 5.32 Å². The molecular weight excluding hydrogens is 270 g/mol. The number of phenols is 1. The Kier molecular flexibility index (Phi) is 2.86. The molecule has 2 aliphatic rings. The summed E-state index contributed by atoms with van der Waals surface area (Å²) in [6.07, 6.45) is 0. The van der Waals surface area contributed by atoms with E-state index in [-0.39, 0.29) is 18.6 Å². The Labute approximate surface area is 122 Å². The lowest BCUT2D eigenvalue weighted by molar-refractivity contribution is 0.173. The lowest BCUT2D eigenvalue weighted by atomic mass is 10.1. The summed E-state index contributed by atoms with van der Waals surface area (Å²) in [4.78, 5) is 0. The van der Waals surface area contributed by atoms with Crippen LogP contribution in [-0.2, 0) is 6.54 Å². The number of hydrogen-bond donors (Lipinski definition) is 2. The fourth-order valence-corrected chi connectivity index (χ4v) is 2.73. The zero-order valence-electron chi connectivity index (χ0n) is 11.3. The minimum Gasteiger partial charge on any atom is -0.508 e. The summed E-state index contributed by atoms with van der Waals surface area (Å²) in [5, 5.41) is 12.9. The number of ether oxygens (including phenoxy) is 3. The highest BCUT2D eigenvalue weighted by Crippen LogP contribution is 2.37. The topological polar surface area (TPSA) is 60.0 Å². The monoisotopic (exact) mass is 285 g/mol. The minimum atomic E-state index is 0.110. The summed E-state index contributed by atoms with van der Waals surface area (Å²) in [5.74, 6) is 2.57. The fraction of sp³-hybridized carbons (Fsp3) is 0.250. The molecule has 21 heavy (non-hydrogen) atoms. The predicted molar refractivity (Wildman–Crippen MR) is 75.7 cm³/mol. The lowest BCUT2D eigenvalue weighted by Crippen LogP contribution is -2.22. The quantitative estimate of drug-likeness (QED) is 0.906. The second kappa shape index (κ2) is 4.86. The van der Waals surface area contributed by atoms with Gasteiger partial charge in [0.05, 0.1) is 6.04 Å². The van der Waals surface area contributed by atoms with Crippen molar-refractivity contribution in [3.05, 3.63) is 47.5 Å². The van der Waals surface area contributed by atoms with Crippen molar-refractivity contribution in [2.75, 3.05) is 13.4 Å². The van der Waals surface area contributed by atoms with Crippen LogP contribution in [0.15, 0.2) is 36.4 Å². The van der Waals surface area contributed by atoms with Gasteiger partial charge in [0.15, 0.2) is 11.5 Å². The molecule has 0 bridgehead atoms. The van der Waals surface area contributed by atoms with Crippen molar-refractivity contribution in [3.8, 4) is 23.0 Å². The number of rotatable bonds is 3. The van der Waals surface area contributed by atoms with Crippen molar-refractivity contribution in [1.82, 2.24) is 5.32 Å². The molecule has 5 nitrogen and oxygen atoms in total. The number of fused-ring (bicyclic) bond motifs is 2. The highest BCUT2D eigenvalue weighted by atomic mass is 16.7. The summed E-state index contributed by atoms with van der Waals surface area (Å²) in [7, 11) is 0. The molecule has 0 radical (unpaired) electrons. The van der Waals surface area contributed by atoms with Gasteiger partial charge in [-0.25, -0.2) is 0 Å². The number of benzene rings is 2. The summed E-state index contributed by atoms with van der Waals surface area (Å²) in [5.41, 5.74) is 2.13. The SMILES string of the molecule is Oc1ccc2c(c1)OCC2NCc1cccc2c1OCO2. The van der Waals surface area contributed by atoms with Crippen molar-refractivity contribution < 1.29 is 19.3 Å². The normalized spacial score (nSPS) is 18.4. The second-order valence-corrected chi connectivity index (χ2v) is 5.12. The van der Waals surface area contributed by atoms with E-state index in [0.717, 1.165) is 28.4 Å². The highest BCUT2D eigenvalue weighted by Gasteiger charge is 2.25. The third kappa shape index (κ3) is 2.15. The van der Waals surface area contributed by atoms with E-state index in [1.54, 1.807) is 12.1 Å². The van der Waals surface area contributed by atoms with Crippen molar-refractivity contribution in [3.63, 3.8) is 0 Å².